The minimum atomic E-state index is -0.320. The van der Waals surface area contributed by atoms with Gasteiger partial charge in [0.1, 0.15) is 17.3 Å². The molecule has 0 aliphatic carbocycles. The van der Waals surface area contributed by atoms with E-state index in [0.29, 0.717) is 17.1 Å². The minimum Gasteiger partial charge on any atom is -0.457 e. The molecule has 1 atom stereocenters. The number of benzene rings is 2. The summed E-state index contributed by atoms with van der Waals surface area (Å²) in [5, 5.41) is 3.32. The molecule has 3 rings (SSSR count). The van der Waals surface area contributed by atoms with Crippen molar-refractivity contribution in [1.29, 1.82) is 0 Å². The van der Waals surface area contributed by atoms with E-state index in [9.17, 15) is 9.18 Å². The largest absolute Gasteiger partial charge is 0.457 e. The fourth-order valence-corrected chi connectivity index (χ4v) is 3.11. The molecule has 132 valence electrons. The minimum absolute atomic E-state index is 0.0201. The van der Waals surface area contributed by atoms with Crippen molar-refractivity contribution in [3.8, 4) is 11.5 Å². The first-order valence-corrected chi connectivity index (χ1v) is 8.73. The number of para-hydroxylation sites is 1. The highest BCUT2D eigenvalue weighted by Crippen LogP contribution is 2.27. The van der Waals surface area contributed by atoms with E-state index in [1.54, 1.807) is 24.3 Å². The molecule has 0 bridgehead atoms. The van der Waals surface area contributed by atoms with Crippen LogP contribution in [0.3, 0.4) is 0 Å². The molecule has 2 aromatic rings. The van der Waals surface area contributed by atoms with Crippen LogP contribution in [0.4, 0.5) is 4.39 Å². The average molecular weight is 342 g/mol. The quantitative estimate of drug-likeness (QED) is 0.867. The maximum atomic E-state index is 13.1. The third kappa shape index (κ3) is 4.17. The second-order valence-electron chi connectivity index (χ2n) is 6.20. The van der Waals surface area contributed by atoms with Gasteiger partial charge in [0, 0.05) is 19.1 Å². The summed E-state index contributed by atoms with van der Waals surface area (Å²) in [5.41, 5.74) is 0.534. The van der Waals surface area contributed by atoms with Gasteiger partial charge in [-0.2, -0.15) is 0 Å². The number of amides is 1. The van der Waals surface area contributed by atoms with Crippen molar-refractivity contribution in [2.75, 3.05) is 19.6 Å². The maximum Gasteiger partial charge on any atom is 0.257 e. The van der Waals surface area contributed by atoms with Crippen molar-refractivity contribution >= 4 is 5.91 Å². The zero-order valence-corrected chi connectivity index (χ0v) is 14.4. The third-order valence-corrected chi connectivity index (χ3v) is 4.36. The van der Waals surface area contributed by atoms with Crippen LogP contribution in [0.15, 0.2) is 48.5 Å². The van der Waals surface area contributed by atoms with Gasteiger partial charge in [-0.15, -0.1) is 0 Å². The van der Waals surface area contributed by atoms with Gasteiger partial charge in [0.2, 0.25) is 0 Å². The van der Waals surface area contributed by atoms with Gasteiger partial charge in [0.25, 0.3) is 5.91 Å². The first-order chi connectivity index (χ1) is 12.2. The van der Waals surface area contributed by atoms with Gasteiger partial charge in [0.15, 0.2) is 0 Å². The number of nitrogens with zero attached hydrogens (tertiary/aromatic N) is 1. The molecule has 0 spiro atoms. The standard InChI is InChI=1S/C20H23FN2O2/c1-2-13-23(16-11-12-22-14-16)20(24)18-5-3-4-6-19(18)25-17-9-7-15(21)8-10-17/h3-10,16,22H,2,11-14H2,1H3/t16-/m0/s1. The summed E-state index contributed by atoms with van der Waals surface area (Å²) < 4.78 is 18.9. The van der Waals surface area contributed by atoms with Crippen LogP contribution in [0, 0.1) is 5.82 Å². The number of halogens is 1. The van der Waals surface area contributed by atoms with Crippen molar-refractivity contribution in [3.05, 3.63) is 59.9 Å². The number of hydrogen-bond acceptors (Lipinski definition) is 3. The zero-order valence-electron chi connectivity index (χ0n) is 14.4. The normalized spacial score (nSPS) is 16.6. The lowest BCUT2D eigenvalue weighted by Crippen LogP contribution is -2.42. The van der Waals surface area contributed by atoms with E-state index >= 15 is 0 Å². The molecule has 4 nitrogen and oxygen atoms in total. The lowest BCUT2D eigenvalue weighted by molar-refractivity contribution is 0.0689. The van der Waals surface area contributed by atoms with E-state index in [0.717, 1.165) is 32.5 Å². The monoisotopic (exact) mass is 342 g/mol. The van der Waals surface area contributed by atoms with Crippen molar-refractivity contribution in [2.24, 2.45) is 0 Å². The van der Waals surface area contributed by atoms with Crippen LogP contribution in [0.5, 0.6) is 11.5 Å². The van der Waals surface area contributed by atoms with Gasteiger partial charge in [-0.3, -0.25) is 4.79 Å². The van der Waals surface area contributed by atoms with Crippen molar-refractivity contribution < 1.29 is 13.9 Å². The zero-order chi connectivity index (χ0) is 17.6. The Bertz CT molecular complexity index is 712. The highest BCUT2D eigenvalue weighted by atomic mass is 19.1. The van der Waals surface area contributed by atoms with E-state index in [1.165, 1.54) is 12.1 Å². The number of carbonyl (C=O) groups is 1. The molecule has 1 N–H and O–H groups in total. The maximum absolute atomic E-state index is 13.1. The van der Waals surface area contributed by atoms with E-state index in [4.69, 9.17) is 4.74 Å². The lowest BCUT2D eigenvalue weighted by atomic mass is 10.1. The summed E-state index contributed by atoms with van der Waals surface area (Å²) in [6, 6.07) is 13.2. The fourth-order valence-electron chi connectivity index (χ4n) is 3.11. The summed E-state index contributed by atoms with van der Waals surface area (Å²) in [7, 11) is 0. The molecule has 0 radical (unpaired) electrons. The highest BCUT2D eigenvalue weighted by molar-refractivity contribution is 5.97. The molecule has 1 amide bonds. The first kappa shape index (κ1) is 17.4. The SMILES string of the molecule is CCCN(C(=O)c1ccccc1Oc1ccc(F)cc1)[C@H]1CCNC1. The van der Waals surface area contributed by atoms with E-state index < -0.39 is 0 Å². The summed E-state index contributed by atoms with van der Waals surface area (Å²) in [5.74, 6) is 0.658. The third-order valence-electron chi connectivity index (χ3n) is 4.36. The molecule has 1 aliphatic rings. The van der Waals surface area contributed by atoms with Crippen molar-refractivity contribution in [1.82, 2.24) is 10.2 Å². The topological polar surface area (TPSA) is 41.6 Å². The van der Waals surface area contributed by atoms with Gasteiger partial charge in [-0.1, -0.05) is 19.1 Å². The van der Waals surface area contributed by atoms with Gasteiger partial charge < -0.3 is 15.0 Å². The van der Waals surface area contributed by atoms with E-state index in [2.05, 4.69) is 12.2 Å². The predicted octanol–water partition coefficient (Wildman–Crippen LogP) is 3.83. The molecule has 25 heavy (non-hydrogen) atoms. The lowest BCUT2D eigenvalue weighted by Gasteiger charge is -2.29. The Morgan fingerprint density at radius 1 is 1.24 bits per heavy atom. The molecular formula is C20H23FN2O2. The molecule has 1 fully saturated rings. The number of ether oxygens (including phenoxy) is 1. The molecule has 0 aromatic heterocycles. The molecular weight excluding hydrogens is 319 g/mol. The van der Waals surface area contributed by atoms with Crippen LogP contribution in [-0.4, -0.2) is 36.5 Å². The Balaban J connectivity index is 1.85. The number of rotatable bonds is 6. The summed E-state index contributed by atoms with van der Waals surface area (Å²) in [4.78, 5) is 15.1. The Kier molecular flexibility index (Phi) is 5.66. The molecule has 1 aliphatic heterocycles. The fraction of sp³-hybridized carbons (Fsp3) is 0.350. The van der Waals surface area contributed by atoms with Gasteiger partial charge in [-0.25, -0.2) is 4.39 Å². The Morgan fingerprint density at radius 2 is 2.00 bits per heavy atom. The van der Waals surface area contributed by atoms with Crippen LogP contribution < -0.4 is 10.1 Å². The van der Waals surface area contributed by atoms with Crippen molar-refractivity contribution in [2.45, 2.75) is 25.8 Å². The molecule has 0 unspecified atom stereocenters. The number of nitrogens with one attached hydrogen (secondary N) is 1. The Morgan fingerprint density at radius 3 is 2.68 bits per heavy atom. The second-order valence-corrected chi connectivity index (χ2v) is 6.20. The number of carbonyl (C=O) groups excluding carboxylic acids is 1. The van der Waals surface area contributed by atoms with Crippen LogP contribution in [0.25, 0.3) is 0 Å². The van der Waals surface area contributed by atoms with E-state index in [-0.39, 0.29) is 17.8 Å². The molecule has 2 aromatic carbocycles. The smallest absolute Gasteiger partial charge is 0.257 e. The summed E-state index contributed by atoms with van der Waals surface area (Å²) in [6.07, 6.45) is 1.87. The Labute approximate surface area is 147 Å². The van der Waals surface area contributed by atoms with Gasteiger partial charge in [0.05, 0.1) is 5.56 Å². The molecule has 5 heteroatoms. The van der Waals surface area contributed by atoms with Gasteiger partial charge >= 0.3 is 0 Å². The van der Waals surface area contributed by atoms with E-state index in [1.807, 2.05) is 17.0 Å². The molecule has 1 saturated heterocycles. The van der Waals surface area contributed by atoms with Gasteiger partial charge in [-0.05, 0) is 55.8 Å². The number of hydrogen-bond donors (Lipinski definition) is 1. The van der Waals surface area contributed by atoms with Crippen LogP contribution >= 0.6 is 0 Å². The summed E-state index contributed by atoms with van der Waals surface area (Å²) >= 11 is 0. The van der Waals surface area contributed by atoms with Crippen LogP contribution in [0.1, 0.15) is 30.1 Å². The predicted molar refractivity (Wildman–Crippen MR) is 95.5 cm³/mol. The van der Waals surface area contributed by atoms with Crippen molar-refractivity contribution in [3.63, 3.8) is 0 Å². The first-order valence-electron chi connectivity index (χ1n) is 8.73. The van der Waals surface area contributed by atoms with Crippen LogP contribution in [0.2, 0.25) is 0 Å². The Hall–Kier alpha value is -2.40. The summed E-state index contributed by atoms with van der Waals surface area (Å²) in [6.45, 7) is 4.55. The molecule has 1 heterocycles. The highest BCUT2D eigenvalue weighted by Gasteiger charge is 2.28. The average Bonchev–Trinajstić information content (AvgIpc) is 3.16. The second kappa shape index (κ2) is 8.12. The van der Waals surface area contributed by atoms with Crippen LogP contribution in [-0.2, 0) is 0 Å². The molecule has 0 saturated carbocycles.